The maximum absolute atomic E-state index is 9.30. The highest BCUT2D eigenvalue weighted by molar-refractivity contribution is 8.00. The zero-order chi connectivity index (χ0) is 10.7. The Kier molecular flexibility index (Phi) is 4.12. The molecule has 2 aliphatic heterocycles. The normalized spacial score (nSPS) is 34.9. The number of fused-ring (bicyclic) bond motifs is 2. The van der Waals surface area contributed by atoms with Crippen LogP contribution in [0, 0.1) is 0 Å². The molecule has 0 spiro atoms. The third-order valence-corrected chi connectivity index (χ3v) is 4.71. The van der Waals surface area contributed by atoms with Crippen LogP contribution in [0.15, 0.2) is 12.2 Å². The maximum Gasteiger partial charge on any atom is 0.0884 e. The Morgan fingerprint density at radius 3 is 2.93 bits per heavy atom. The summed E-state index contributed by atoms with van der Waals surface area (Å²) in [4.78, 5) is 0. The third-order valence-electron chi connectivity index (χ3n) is 3.13. The van der Waals surface area contributed by atoms with Crippen LogP contribution in [0.25, 0.3) is 0 Å². The molecule has 4 unspecified atom stereocenters. The van der Waals surface area contributed by atoms with Crippen LogP contribution < -0.4 is 0 Å². The Balaban J connectivity index is 1.77. The minimum Gasteiger partial charge on any atom is -0.395 e. The summed E-state index contributed by atoms with van der Waals surface area (Å²) in [6.45, 7) is 2.50. The van der Waals surface area contributed by atoms with E-state index >= 15 is 0 Å². The Bertz CT molecular complexity index is 230. The average Bonchev–Trinajstić information content (AvgIpc) is 2.85. The van der Waals surface area contributed by atoms with Crippen molar-refractivity contribution in [3.05, 3.63) is 12.2 Å². The summed E-state index contributed by atoms with van der Waals surface area (Å²) in [6.07, 6.45) is 9.72. The molecule has 15 heavy (non-hydrogen) atoms. The monoisotopic (exact) mass is 228 g/mol. The molecule has 1 saturated heterocycles. The van der Waals surface area contributed by atoms with Gasteiger partial charge in [0.25, 0.3) is 0 Å². The van der Waals surface area contributed by atoms with Crippen LogP contribution in [0.2, 0.25) is 0 Å². The van der Waals surface area contributed by atoms with Gasteiger partial charge < -0.3 is 9.84 Å². The molecular formula is C12H20O2S. The van der Waals surface area contributed by atoms with Gasteiger partial charge in [0, 0.05) is 10.5 Å². The molecule has 1 N–H and O–H groups in total. The summed E-state index contributed by atoms with van der Waals surface area (Å²) in [6, 6.07) is 0. The molecule has 2 bridgehead atoms. The SMILES string of the molecule is CCCCC(CO)SC1CC2C=CC1O2. The predicted molar refractivity (Wildman–Crippen MR) is 64.2 cm³/mol. The van der Waals surface area contributed by atoms with Gasteiger partial charge >= 0.3 is 0 Å². The molecule has 0 aliphatic carbocycles. The largest absolute Gasteiger partial charge is 0.395 e. The van der Waals surface area contributed by atoms with Crippen LogP contribution in [-0.2, 0) is 4.74 Å². The molecule has 0 amide bonds. The lowest BCUT2D eigenvalue weighted by Gasteiger charge is -2.21. The van der Waals surface area contributed by atoms with Crippen LogP contribution in [0.1, 0.15) is 32.6 Å². The molecule has 2 nitrogen and oxygen atoms in total. The van der Waals surface area contributed by atoms with Crippen molar-refractivity contribution >= 4 is 11.8 Å². The van der Waals surface area contributed by atoms with Crippen molar-refractivity contribution in [3.63, 3.8) is 0 Å². The summed E-state index contributed by atoms with van der Waals surface area (Å²) in [5.74, 6) is 0. The first-order valence-electron chi connectivity index (χ1n) is 5.93. The molecule has 1 fully saturated rings. The van der Waals surface area contributed by atoms with Crippen molar-refractivity contribution in [2.75, 3.05) is 6.61 Å². The smallest absolute Gasteiger partial charge is 0.0884 e. The van der Waals surface area contributed by atoms with E-state index in [0.717, 1.165) is 12.8 Å². The van der Waals surface area contributed by atoms with Gasteiger partial charge in [0.2, 0.25) is 0 Å². The molecule has 2 heterocycles. The third kappa shape index (κ3) is 2.77. The maximum atomic E-state index is 9.30. The fourth-order valence-electron chi connectivity index (χ4n) is 2.25. The first-order chi connectivity index (χ1) is 7.33. The predicted octanol–water partition coefficient (Wildman–Crippen LogP) is 2.37. The molecule has 0 aromatic rings. The second kappa shape index (κ2) is 5.37. The quantitative estimate of drug-likeness (QED) is 0.708. The van der Waals surface area contributed by atoms with Crippen molar-refractivity contribution in [2.24, 2.45) is 0 Å². The van der Waals surface area contributed by atoms with Gasteiger partial charge in [-0.05, 0) is 12.8 Å². The van der Waals surface area contributed by atoms with Gasteiger partial charge in [-0.25, -0.2) is 0 Å². The van der Waals surface area contributed by atoms with Gasteiger partial charge in [0.05, 0.1) is 18.8 Å². The topological polar surface area (TPSA) is 29.5 Å². The van der Waals surface area contributed by atoms with Gasteiger partial charge in [-0.15, -0.1) is 11.8 Å². The van der Waals surface area contributed by atoms with Gasteiger partial charge in [0.1, 0.15) is 0 Å². The average molecular weight is 228 g/mol. The summed E-state index contributed by atoms with van der Waals surface area (Å²) >= 11 is 1.93. The number of rotatable bonds is 6. The van der Waals surface area contributed by atoms with Crippen molar-refractivity contribution in [3.8, 4) is 0 Å². The summed E-state index contributed by atoms with van der Waals surface area (Å²) in [5.41, 5.74) is 0. The lowest BCUT2D eigenvalue weighted by molar-refractivity contribution is 0.121. The summed E-state index contributed by atoms with van der Waals surface area (Å²) in [5, 5.41) is 10.3. The van der Waals surface area contributed by atoms with Crippen LogP contribution in [0.4, 0.5) is 0 Å². The highest BCUT2D eigenvalue weighted by Crippen LogP contribution is 2.38. The number of ether oxygens (including phenoxy) is 1. The zero-order valence-electron chi connectivity index (χ0n) is 9.26. The standard InChI is InChI=1S/C12H20O2S/c1-2-3-4-10(8-13)15-12-7-9-5-6-11(12)14-9/h5-6,9-13H,2-4,7-8H2,1H3. The van der Waals surface area contributed by atoms with E-state index in [-0.39, 0.29) is 0 Å². The Morgan fingerprint density at radius 2 is 2.40 bits per heavy atom. The molecule has 2 aliphatic rings. The zero-order valence-corrected chi connectivity index (χ0v) is 10.1. The van der Waals surface area contributed by atoms with Crippen LogP contribution in [-0.4, -0.2) is 34.4 Å². The fourth-order valence-corrected chi connectivity index (χ4v) is 3.74. The van der Waals surface area contributed by atoms with Crippen molar-refractivity contribution in [2.45, 2.75) is 55.3 Å². The van der Waals surface area contributed by atoms with Crippen LogP contribution in [0.5, 0.6) is 0 Å². The Morgan fingerprint density at radius 1 is 1.53 bits per heavy atom. The van der Waals surface area contributed by atoms with E-state index in [2.05, 4.69) is 19.1 Å². The van der Waals surface area contributed by atoms with Crippen LogP contribution in [0.3, 0.4) is 0 Å². The number of thioether (sulfide) groups is 1. The molecule has 4 atom stereocenters. The minimum atomic E-state index is 0.308. The van der Waals surface area contributed by atoms with E-state index in [1.807, 2.05) is 11.8 Å². The van der Waals surface area contributed by atoms with Crippen LogP contribution >= 0.6 is 11.8 Å². The molecule has 0 saturated carbocycles. The van der Waals surface area contributed by atoms with Crippen molar-refractivity contribution in [1.29, 1.82) is 0 Å². The lowest BCUT2D eigenvalue weighted by atomic mass is 10.1. The minimum absolute atomic E-state index is 0.308. The first-order valence-corrected chi connectivity index (χ1v) is 6.88. The molecule has 0 aromatic carbocycles. The molecule has 3 heteroatoms. The Labute approximate surface area is 96.1 Å². The summed E-state index contributed by atoms with van der Waals surface area (Å²) < 4.78 is 5.72. The highest BCUT2D eigenvalue weighted by Gasteiger charge is 2.38. The number of aliphatic hydroxyl groups excluding tert-OH is 1. The number of hydrogen-bond acceptors (Lipinski definition) is 3. The van der Waals surface area contributed by atoms with E-state index < -0.39 is 0 Å². The second-order valence-corrected chi connectivity index (χ2v) is 5.93. The van der Waals surface area contributed by atoms with Crippen molar-refractivity contribution < 1.29 is 9.84 Å². The van der Waals surface area contributed by atoms with Gasteiger partial charge in [-0.2, -0.15) is 0 Å². The molecule has 0 aromatic heterocycles. The van der Waals surface area contributed by atoms with Crippen molar-refractivity contribution in [1.82, 2.24) is 0 Å². The number of hydrogen-bond donors (Lipinski definition) is 1. The summed E-state index contributed by atoms with van der Waals surface area (Å²) in [7, 11) is 0. The number of aliphatic hydroxyl groups is 1. The van der Waals surface area contributed by atoms with E-state index in [1.165, 1.54) is 12.8 Å². The highest BCUT2D eigenvalue weighted by atomic mass is 32.2. The van der Waals surface area contributed by atoms with Gasteiger partial charge in [-0.1, -0.05) is 31.9 Å². The van der Waals surface area contributed by atoms with E-state index in [9.17, 15) is 5.11 Å². The van der Waals surface area contributed by atoms with E-state index in [0.29, 0.717) is 29.3 Å². The molecule has 0 radical (unpaired) electrons. The Hall–Kier alpha value is 0.01000. The first kappa shape index (κ1) is 11.5. The van der Waals surface area contributed by atoms with Gasteiger partial charge in [0.15, 0.2) is 0 Å². The fraction of sp³-hybridized carbons (Fsp3) is 0.833. The van der Waals surface area contributed by atoms with E-state index in [4.69, 9.17) is 4.74 Å². The molecular weight excluding hydrogens is 208 g/mol. The van der Waals surface area contributed by atoms with Gasteiger partial charge in [-0.3, -0.25) is 0 Å². The second-order valence-electron chi connectivity index (χ2n) is 4.38. The number of unbranched alkanes of at least 4 members (excludes halogenated alkanes) is 1. The van der Waals surface area contributed by atoms with E-state index in [1.54, 1.807) is 0 Å². The molecule has 2 rings (SSSR count). The lowest BCUT2D eigenvalue weighted by Crippen LogP contribution is -2.21. The molecule has 86 valence electrons.